The number of phosphoric ester groups is 1. The largest absolute Gasteiger partial charge is 0.472 e. The third-order valence-electron chi connectivity index (χ3n) is 10.1. The average molecular weight is 862 g/mol. The standard InChI is InChI=1S/C51H92NO7P/c1-3-5-7-9-11-13-15-17-19-21-22-23-24-25-26-27-29-31-33-35-37-39-41-43-46-56-48-50(49-58-60(54,55)57-47-45-52)59-51(53)44-42-40-38-36-34-32-30-28-20-18-16-14-12-10-8-6-4-2/h6,8,12,14-15,17-18,20-22,24-25,50H,3-5,7,9-11,13,16,19,23,26-49,52H2,1-2H3,(H,54,55)/b8-6-,14-12-,17-15-,20-18-,22-21-,25-24-. The number of carbonyl (C=O) groups excluding carboxylic acids is 1. The van der Waals surface area contributed by atoms with Crippen LogP contribution in [0.2, 0.25) is 0 Å². The zero-order chi connectivity index (χ0) is 43.7. The van der Waals surface area contributed by atoms with E-state index in [2.05, 4.69) is 86.8 Å². The molecule has 2 unspecified atom stereocenters. The van der Waals surface area contributed by atoms with Crippen molar-refractivity contribution in [3.63, 3.8) is 0 Å². The molecule has 2 atom stereocenters. The van der Waals surface area contributed by atoms with Crippen molar-refractivity contribution in [3.8, 4) is 0 Å². The van der Waals surface area contributed by atoms with Gasteiger partial charge < -0.3 is 20.1 Å². The molecular weight excluding hydrogens is 770 g/mol. The summed E-state index contributed by atoms with van der Waals surface area (Å²) in [6.07, 6.45) is 60.7. The van der Waals surface area contributed by atoms with Crippen LogP contribution in [0.25, 0.3) is 0 Å². The Kier molecular flexibility index (Phi) is 46.3. The Labute approximate surface area is 369 Å². The number of esters is 1. The predicted molar refractivity (Wildman–Crippen MR) is 256 cm³/mol. The van der Waals surface area contributed by atoms with Crippen molar-refractivity contribution in [3.05, 3.63) is 72.9 Å². The summed E-state index contributed by atoms with van der Waals surface area (Å²) in [4.78, 5) is 22.6. The third-order valence-corrected chi connectivity index (χ3v) is 11.1. The molecule has 0 saturated heterocycles. The molecule has 348 valence electrons. The van der Waals surface area contributed by atoms with Crippen molar-refractivity contribution in [2.45, 2.75) is 213 Å². The Balaban J connectivity index is 3.99. The van der Waals surface area contributed by atoms with Gasteiger partial charge in [-0.2, -0.15) is 0 Å². The lowest BCUT2D eigenvalue weighted by atomic mass is 10.1. The van der Waals surface area contributed by atoms with Gasteiger partial charge in [0.1, 0.15) is 6.10 Å². The van der Waals surface area contributed by atoms with Gasteiger partial charge in [0.05, 0.1) is 19.8 Å². The zero-order valence-electron chi connectivity index (χ0n) is 38.7. The number of ether oxygens (including phenoxy) is 2. The van der Waals surface area contributed by atoms with Gasteiger partial charge in [-0.15, -0.1) is 0 Å². The summed E-state index contributed by atoms with van der Waals surface area (Å²) < 4.78 is 33.5. The fourth-order valence-electron chi connectivity index (χ4n) is 6.55. The molecule has 0 fully saturated rings. The van der Waals surface area contributed by atoms with Gasteiger partial charge in [-0.05, 0) is 83.5 Å². The fourth-order valence-corrected chi connectivity index (χ4v) is 7.31. The summed E-state index contributed by atoms with van der Waals surface area (Å²) in [7, 11) is -4.29. The number of rotatable bonds is 46. The summed E-state index contributed by atoms with van der Waals surface area (Å²) in [5.41, 5.74) is 5.38. The third kappa shape index (κ3) is 47.0. The maximum atomic E-state index is 12.6. The second-order valence-electron chi connectivity index (χ2n) is 15.9. The van der Waals surface area contributed by atoms with Crippen molar-refractivity contribution in [1.82, 2.24) is 0 Å². The van der Waals surface area contributed by atoms with Crippen LogP contribution in [-0.2, 0) is 27.9 Å². The number of carbonyl (C=O) groups is 1. The van der Waals surface area contributed by atoms with E-state index in [1.54, 1.807) is 0 Å². The molecule has 0 heterocycles. The summed E-state index contributed by atoms with van der Waals surface area (Å²) >= 11 is 0. The molecule has 0 saturated carbocycles. The van der Waals surface area contributed by atoms with E-state index >= 15 is 0 Å². The topological polar surface area (TPSA) is 117 Å². The summed E-state index contributed by atoms with van der Waals surface area (Å²) in [5, 5.41) is 0. The Morgan fingerprint density at radius 3 is 1.40 bits per heavy atom. The Hall–Kier alpha value is -2.06. The summed E-state index contributed by atoms with van der Waals surface area (Å²) in [5.74, 6) is -0.344. The van der Waals surface area contributed by atoms with E-state index in [-0.39, 0.29) is 32.3 Å². The highest BCUT2D eigenvalue weighted by Crippen LogP contribution is 2.43. The van der Waals surface area contributed by atoms with Gasteiger partial charge in [-0.1, -0.05) is 189 Å². The lowest BCUT2D eigenvalue weighted by molar-refractivity contribution is -0.154. The lowest BCUT2D eigenvalue weighted by Gasteiger charge is -2.20. The van der Waals surface area contributed by atoms with Crippen LogP contribution >= 0.6 is 7.82 Å². The average Bonchev–Trinajstić information content (AvgIpc) is 3.24. The minimum Gasteiger partial charge on any atom is -0.457 e. The molecule has 0 aliphatic rings. The van der Waals surface area contributed by atoms with Crippen molar-refractivity contribution in [1.29, 1.82) is 0 Å². The second kappa shape index (κ2) is 48.0. The number of nitrogens with two attached hydrogens (primary N) is 1. The molecule has 0 amide bonds. The maximum Gasteiger partial charge on any atom is 0.472 e. The zero-order valence-corrected chi connectivity index (χ0v) is 39.6. The van der Waals surface area contributed by atoms with E-state index in [0.29, 0.717) is 13.0 Å². The molecule has 0 aromatic carbocycles. The highest BCUT2D eigenvalue weighted by molar-refractivity contribution is 7.47. The van der Waals surface area contributed by atoms with Crippen molar-refractivity contribution in [2.75, 3.05) is 33.0 Å². The van der Waals surface area contributed by atoms with E-state index in [0.717, 1.165) is 70.6 Å². The van der Waals surface area contributed by atoms with Gasteiger partial charge in [0.2, 0.25) is 0 Å². The second-order valence-corrected chi connectivity index (χ2v) is 17.4. The minimum absolute atomic E-state index is 0.0942. The molecule has 0 rings (SSSR count). The molecule has 0 aromatic rings. The van der Waals surface area contributed by atoms with Crippen LogP contribution in [0.4, 0.5) is 0 Å². The summed E-state index contributed by atoms with van der Waals surface area (Å²) in [6, 6.07) is 0. The van der Waals surface area contributed by atoms with Gasteiger partial charge in [0, 0.05) is 19.6 Å². The van der Waals surface area contributed by atoms with Gasteiger partial charge in [0.15, 0.2) is 0 Å². The van der Waals surface area contributed by atoms with Crippen LogP contribution in [-0.4, -0.2) is 49.9 Å². The quantitative estimate of drug-likeness (QED) is 0.0269. The highest BCUT2D eigenvalue weighted by atomic mass is 31.2. The van der Waals surface area contributed by atoms with E-state index < -0.39 is 13.9 Å². The first kappa shape index (κ1) is 57.9. The predicted octanol–water partition coefficient (Wildman–Crippen LogP) is 15.1. The number of hydrogen-bond donors (Lipinski definition) is 2. The van der Waals surface area contributed by atoms with E-state index in [1.807, 2.05) is 0 Å². The van der Waals surface area contributed by atoms with Crippen molar-refractivity contribution >= 4 is 13.8 Å². The van der Waals surface area contributed by atoms with Crippen molar-refractivity contribution < 1.29 is 32.8 Å². The monoisotopic (exact) mass is 862 g/mol. The SMILES string of the molecule is CC/C=C\C/C=C\C/C=C\CCCCCCCCCC(=O)OC(COCCCCCCCCCCC/C=C\C/C=C\C/C=C\CCCCCCC)COP(=O)(O)OCCN. The normalized spacial score (nSPS) is 14.0. The Bertz CT molecular complexity index is 1150. The van der Waals surface area contributed by atoms with Gasteiger partial charge in [-0.25, -0.2) is 4.57 Å². The molecular formula is C51H92NO7P. The maximum absolute atomic E-state index is 12.6. The van der Waals surface area contributed by atoms with E-state index in [4.69, 9.17) is 24.3 Å². The van der Waals surface area contributed by atoms with Crippen LogP contribution in [0.1, 0.15) is 206 Å². The van der Waals surface area contributed by atoms with Crippen LogP contribution in [0.3, 0.4) is 0 Å². The molecule has 0 spiro atoms. The molecule has 8 nitrogen and oxygen atoms in total. The number of allylic oxidation sites excluding steroid dienone is 12. The van der Waals surface area contributed by atoms with Crippen LogP contribution in [0.5, 0.6) is 0 Å². The molecule has 60 heavy (non-hydrogen) atoms. The lowest BCUT2D eigenvalue weighted by Crippen LogP contribution is -2.28. The van der Waals surface area contributed by atoms with Gasteiger partial charge in [-0.3, -0.25) is 13.8 Å². The first-order valence-electron chi connectivity index (χ1n) is 24.4. The van der Waals surface area contributed by atoms with Crippen LogP contribution in [0, 0.1) is 0 Å². The number of unbranched alkanes of at least 4 members (excludes halogenated alkanes) is 21. The van der Waals surface area contributed by atoms with Gasteiger partial charge >= 0.3 is 13.8 Å². The summed E-state index contributed by atoms with van der Waals surface area (Å²) in [6.45, 7) is 4.77. The Morgan fingerprint density at radius 2 is 0.933 bits per heavy atom. The van der Waals surface area contributed by atoms with Crippen molar-refractivity contribution in [2.24, 2.45) is 5.73 Å². The molecule has 3 N–H and O–H groups in total. The highest BCUT2D eigenvalue weighted by Gasteiger charge is 2.25. The first-order chi connectivity index (χ1) is 29.4. The smallest absolute Gasteiger partial charge is 0.457 e. The minimum atomic E-state index is -4.29. The molecule has 0 aliphatic heterocycles. The van der Waals surface area contributed by atoms with Crippen LogP contribution < -0.4 is 5.73 Å². The van der Waals surface area contributed by atoms with Gasteiger partial charge in [0.25, 0.3) is 0 Å². The van der Waals surface area contributed by atoms with E-state index in [9.17, 15) is 14.3 Å². The Morgan fingerprint density at radius 1 is 0.517 bits per heavy atom. The van der Waals surface area contributed by atoms with Crippen LogP contribution in [0.15, 0.2) is 72.9 Å². The molecule has 0 bridgehead atoms. The molecule has 9 heteroatoms. The first-order valence-corrected chi connectivity index (χ1v) is 25.9. The van der Waals surface area contributed by atoms with E-state index in [1.165, 1.54) is 116 Å². The molecule has 0 radical (unpaired) electrons. The number of phosphoric acid groups is 1. The molecule has 0 aromatic heterocycles. The molecule has 0 aliphatic carbocycles. The number of hydrogen-bond acceptors (Lipinski definition) is 7. The fraction of sp³-hybridized carbons (Fsp3) is 0.745.